The first-order valence-electron chi connectivity index (χ1n) is 8.28. The SMILES string of the molecule is CC(C)CC(NC(=O)CCCCC(=O)O)c1cccc(C(F)(F)F)c1. The van der Waals surface area contributed by atoms with Gasteiger partial charge < -0.3 is 10.4 Å². The van der Waals surface area contributed by atoms with Crippen molar-refractivity contribution in [3.63, 3.8) is 0 Å². The summed E-state index contributed by atoms with van der Waals surface area (Å²) in [6, 6.07) is 4.48. The van der Waals surface area contributed by atoms with Crippen LogP contribution in [0, 0.1) is 5.92 Å². The number of hydrogen-bond donors (Lipinski definition) is 2. The number of carboxylic acid groups (broad SMARTS) is 1. The fourth-order valence-electron chi connectivity index (χ4n) is 2.51. The molecule has 140 valence electrons. The van der Waals surface area contributed by atoms with Crippen molar-refractivity contribution in [3.05, 3.63) is 35.4 Å². The molecule has 0 aliphatic carbocycles. The van der Waals surface area contributed by atoms with Crippen molar-refractivity contribution in [3.8, 4) is 0 Å². The van der Waals surface area contributed by atoms with Crippen molar-refractivity contribution in [2.24, 2.45) is 5.92 Å². The molecule has 1 aromatic carbocycles. The van der Waals surface area contributed by atoms with Gasteiger partial charge in [-0.15, -0.1) is 0 Å². The summed E-state index contributed by atoms with van der Waals surface area (Å²) in [6.45, 7) is 3.86. The van der Waals surface area contributed by atoms with Crippen LogP contribution in [-0.4, -0.2) is 17.0 Å². The van der Waals surface area contributed by atoms with Crippen LogP contribution in [0.1, 0.15) is 63.1 Å². The molecule has 0 saturated carbocycles. The Bertz CT molecular complexity index is 585. The first kappa shape index (κ1) is 21.0. The Hall–Kier alpha value is -2.05. The van der Waals surface area contributed by atoms with Crippen LogP contribution in [0.3, 0.4) is 0 Å². The molecule has 4 nitrogen and oxygen atoms in total. The normalized spacial score (nSPS) is 12.9. The highest BCUT2D eigenvalue weighted by molar-refractivity contribution is 5.76. The maximum absolute atomic E-state index is 12.9. The van der Waals surface area contributed by atoms with Crippen LogP contribution in [0.5, 0.6) is 0 Å². The smallest absolute Gasteiger partial charge is 0.416 e. The zero-order valence-corrected chi connectivity index (χ0v) is 14.4. The van der Waals surface area contributed by atoms with Gasteiger partial charge in [0.05, 0.1) is 11.6 Å². The van der Waals surface area contributed by atoms with E-state index in [2.05, 4.69) is 5.32 Å². The largest absolute Gasteiger partial charge is 0.481 e. The van der Waals surface area contributed by atoms with Gasteiger partial charge in [0.15, 0.2) is 0 Å². The minimum atomic E-state index is -4.43. The minimum absolute atomic E-state index is 0.00364. The number of rotatable bonds is 9. The summed E-state index contributed by atoms with van der Waals surface area (Å²) in [4.78, 5) is 22.5. The van der Waals surface area contributed by atoms with Gasteiger partial charge in [0.25, 0.3) is 0 Å². The summed E-state index contributed by atoms with van der Waals surface area (Å²) in [7, 11) is 0. The van der Waals surface area contributed by atoms with Crippen LogP contribution in [0.15, 0.2) is 24.3 Å². The number of alkyl halides is 3. The van der Waals surface area contributed by atoms with Crippen molar-refractivity contribution in [1.82, 2.24) is 5.32 Å². The fourth-order valence-corrected chi connectivity index (χ4v) is 2.51. The Morgan fingerprint density at radius 1 is 1.16 bits per heavy atom. The molecule has 1 amide bonds. The Morgan fingerprint density at radius 3 is 2.36 bits per heavy atom. The van der Waals surface area contributed by atoms with E-state index in [0.717, 1.165) is 12.1 Å². The number of unbranched alkanes of at least 4 members (excludes halogenated alkanes) is 1. The number of carboxylic acids is 1. The van der Waals surface area contributed by atoms with E-state index in [1.807, 2.05) is 13.8 Å². The van der Waals surface area contributed by atoms with E-state index in [-0.39, 0.29) is 24.7 Å². The van der Waals surface area contributed by atoms with Crippen LogP contribution < -0.4 is 5.32 Å². The van der Waals surface area contributed by atoms with E-state index in [0.29, 0.717) is 24.8 Å². The maximum atomic E-state index is 12.9. The molecule has 0 saturated heterocycles. The fraction of sp³-hybridized carbons (Fsp3) is 0.556. The Labute approximate surface area is 145 Å². The zero-order valence-electron chi connectivity index (χ0n) is 14.4. The predicted octanol–water partition coefficient (Wildman–Crippen LogP) is 4.55. The van der Waals surface area contributed by atoms with Crippen LogP contribution in [-0.2, 0) is 15.8 Å². The van der Waals surface area contributed by atoms with Gasteiger partial charge in [0, 0.05) is 12.8 Å². The molecule has 1 atom stereocenters. The van der Waals surface area contributed by atoms with Gasteiger partial charge in [-0.1, -0.05) is 26.0 Å². The summed E-state index contributed by atoms with van der Waals surface area (Å²) in [5, 5.41) is 11.3. The van der Waals surface area contributed by atoms with Crippen LogP contribution in [0.4, 0.5) is 13.2 Å². The number of hydrogen-bond acceptors (Lipinski definition) is 2. The summed E-state index contributed by atoms with van der Waals surface area (Å²) in [5.41, 5.74) is -0.322. The van der Waals surface area contributed by atoms with E-state index >= 15 is 0 Å². The van der Waals surface area contributed by atoms with E-state index in [4.69, 9.17) is 5.11 Å². The zero-order chi connectivity index (χ0) is 19.0. The molecule has 0 bridgehead atoms. The molecule has 0 heterocycles. The van der Waals surface area contributed by atoms with Gasteiger partial charge in [-0.05, 0) is 42.9 Å². The third kappa shape index (κ3) is 8.05. The molecular formula is C18H24F3NO3. The van der Waals surface area contributed by atoms with Crippen LogP contribution in [0.2, 0.25) is 0 Å². The molecule has 25 heavy (non-hydrogen) atoms. The molecule has 1 aromatic rings. The number of amides is 1. The van der Waals surface area contributed by atoms with Crippen molar-refractivity contribution >= 4 is 11.9 Å². The predicted molar refractivity (Wildman–Crippen MR) is 87.9 cm³/mol. The number of nitrogens with one attached hydrogen (secondary N) is 1. The van der Waals surface area contributed by atoms with E-state index in [9.17, 15) is 22.8 Å². The average molecular weight is 359 g/mol. The molecule has 0 spiro atoms. The lowest BCUT2D eigenvalue weighted by molar-refractivity contribution is -0.138. The lowest BCUT2D eigenvalue weighted by Crippen LogP contribution is -2.29. The molecule has 7 heteroatoms. The van der Waals surface area contributed by atoms with Gasteiger partial charge in [-0.25, -0.2) is 0 Å². The molecule has 0 fully saturated rings. The van der Waals surface area contributed by atoms with Gasteiger partial charge in [0.2, 0.25) is 5.91 Å². The van der Waals surface area contributed by atoms with Gasteiger partial charge in [0.1, 0.15) is 0 Å². The van der Waals surface area contributed by atoms with E-state index in [1.165, 1.54) is 6.07 Å². The molecule has 0 aliphatic heterocycles. The lowest BCUT2D eigenvalue weighted by Gasteiger charge is -2.22. The van der Waals surface area contributed by atoms with Gasteiger partial charge in [-0.3, -0.25) is 9.59 Å². The third-order valence-electron chi connectivity index (χ3n) is 3.70. The molecule has 1 unspecified atom stereocenters. The van der Waals surface area contributed by atoms with Crippen molar-refractivity contribution in [1.29, 1.82) is 0 Å². The van der Waals surface area contributed by atoms with Crippen LogP contribution in [0.25, 0.3) is 0 Å². The quantitative estimate of drug-likeness (QED) is 0.636. The molecule has 2 N–H and O–H groups in total. The van der Waals surface area contributed by atoms with Crippen molar-refractivity contribution in [2.45, 2.75) is 58.2 Å². The second-order valence-corrected chi connectivity index (χ2v) is 6.47. The topological polar surface area (TPSA) is 66.4 Å². The molecule has 0 aromatic heterocycles. The maximum Gasteiger partial charge on any atom is 0.416 e. The Kier molecular flexibility index (Phi) is 7.93. The number of benzene rings is 1. The third-order valence-corrected chi connectivity index (χ3v) is 3.70. The first-order chi connectivity index (χ1) is 11.6. The number of aliphatic carboxylic acids is 1. The van der Waals surface area contributed by atoms with Gasteiger partial charge >= 0.3 is 12.1 Å². The highest BCUT2D eigenvalue weighted by Gasteiger charge is 2.31. The van der Waals surface area contributed by atoms with Crippen molar-refractivity contribution < 1.29 is 27.9 Å². The average Bonchev–Trinajstić information content (AvgIpc) is 2.49. The molecule has 0 radical (unpaired) electrons. The van der Waals surface area contributed by atoms with Crippen molar-refractivity contribution in [2.75, 3.05) is 0 Å². The molecular weight excluding hydrogens is 335 g/mol. The van der Waals surface area contributed by atoms with E-state index in [1.54, 1.807) is 6.07 Å². The lowest BCUT2D eigenvalue weighted by atomic mass is 9.95. The second kappa shape index (κ2) is 9.44. The monoisotopic (exact) mass is 359 g/mol. The summed E-state index contributed by atoms with van der Waals surface area (Å²) < 4.78 is 38.7. The summed E-state index contributed by atoms with van der Waals surface area (Å²) in [6.07, 6.45) is -2.95. The van der Waals surface area contributed by atoms with E-state index < -0.39 is 23.8 Å². The molecule has 0 aliphatic rings. The highest BCUT2D eigenvalue weighted by Crippen LogP contribution is 2.32. The number of carbonyl (C=O) groups is 2. The van der Waals surface area contributed by atoms with Gasteiger partial charge in [-0.2, -0.15) is 13.2 Å². The Balaban J connectivity index is 2.77. The minimum Gasteiger partial charge on any atom is -0.481 e. The summed E-state index contributed by atoms with van der Waals surface area (Å²) in [5.74, 6) is -1.01. The Morgan fingerprint density at radius 2 is 1.80 bits per heavy atom. The number of halogens is 3. The highest BCUT2D eigenvalue weighted by atomic mass is 19.4. The standard InChI is InChI=1S/C18H24F3NO3/c1-12(2)10-15(22-16(23)8-3-4-9-17(24)25)13-6-5-7-14(11-13)18(19,20)21/h5-7,11-12,15H,3-4,8-10H2,1-2H3,(H,22,23)(H,24,25). The number of carbonyl (C=O) groups excluding carboxylic acids is 1. The first-order valence-corrected chi connectivity index (χ1v) is 8.28. The van der Waals surface area contributed by atoms with Crippen LogP contribution >= 0.6 is 0 Å². The summed E-state index contributed by atoms with van der Waals surface area (Å²) >= 11 is 0. The molecule has 1 rings (SSSR count). The second-order valence-electron chi connectivity index (χ2n) is 6.47.